The summed E-state index contributed by atoms with van der Waals surface area (Å²) in [4.78, 5) is 21.2. The molecule has 0 spiro atoms. The molecular formula is C17H30O5. The van der Waals surface area contributed by atoms with Gasteiger partial charge in [0.15, 0.2) is 0 Å². The summed E-state index contributed by atoms with van der Waals surface area (Å²) in [5, 5.41) is 17.4. The molecule has 0 amide bonds. The van der Waals surface area contributed by atoms with Gasteiger partial charge in [-0.05, 0) is 25.2 Å². The van der Waals surface area contributed by atoms with E-state index < -0.39 is 11.9 Å². The normalized spacial score (nSPS) is 18.1. The van der Waals surface area contributed by atoms with Gasteiger partial charge in [0.2, 0.25) is 0 Å². The molecule has 5 nitrogen and oxygen atoms in total. The number of rotatable bonds is 15. The van der Waals surface area contributed by atoms with E-state index in [9.17, 15) is 9.59 Å². The summed E-state index contributed by atoms with van der Waals surface area (Å²) < 4.78 is 5.20. The third kappa shape index (κ3) is 11.5. The Morgan fingerprint density at radius 2 is 1.45 bits per heavy atom. The van der Waals surface area contributed by atoms with Crippen molar-refractivity contribution in [1.82, 2.24) is 0 Å². The summed E-state index contributed by atoms with van der Waals surface area (Å²) in [6, 6.07) is 0. The smallest absolute Gasteiger partial charge is 0.303 e. The fraction of sp³-hybridized carbons (Fsp3) is 0.882. The second-order valence-electron chi connectivity index (χ2n) is 6.42. The SMILES string of the molecule is O=C(O)CCCCCCCCCCC(CC(=O)O)CC1CO1. The molecule has 0 bridgehead atoms. The van der Waals surface area contributed by atoms with Crippen LogP contribution in [0.2, 0.25) is 0 Å². The van der Waals surface area contributed by atoms with E-state index in [-0.39, 0.29) is 18.8 Å². The van der Waals surface area contributed by atoms with Gasteiger partial charge in [-0.2, -0.15) is 0 Å². The fourth-order valence-electron chi connectivity index (χ4n) is 2.90. The van der Waals surface area contributed by atoms with Crippen LogP contribution in [0.5, 0.6) is 0 Å². The molecule has 1 heterocycles. The first-order valence-corrected chi connectivity index (χ1v) is 8.63. The van der Waals surface area contributed by atoms with Gasteiger partial charge in [0.1, 0.15) is 0 Å². The predicted octanol–water partition coefficient (Wildman–Crippen LogP) is 3.85. The Kier molecular flexibility index (Phi) is 9.87. The molecule has 1 aliphatic heterocycles. The van der Waals surface area contributed by atoms with Gasteiger partial charge in [-0.1, -0.05) is 44.9 Å². The molecule has 1 aliphatic rings. The average Bonchev–Trinajstić information content (AvgIpc) is 3.23. The van der Waals surface area contributed by atoms with Crippen LogP contribution in [0.1, 0.15) is 77.0 Å². The largest absolute Gasteiger partial charge is 0.481 e. The Morgan fingerprint density at radius 1 is 0.909 bits per heavy atom. The molecule has 0 radical (unpaired) electrons. The molecule has 5 heteroatoms. The summed E-state index contributed by atoms with van der Waals surface area (Å²) in [7, 11) is 0. The van der Waals surface area contributed by atoms with Gasteiger partial charge >= 0.3 is 11.9 Å². The molecule has 1 saturated heterocycles. The Hall–Kier alpha value is -1.10. The molecular weight excluding hydrogens is 284 g/mol. The van der Waals surface area contributed by atoms with Gasteiger partial charge in [-0.3, -0.25) is 9.59 Å². The van der Waals surface area contributed by atoms with Crippen molar-refractivity contribution in [3.63, 3.8) is 0 Å². The van der Waals surface area contributed by atoms with Gasteiger partial charge < -0.3 is 14.9 Å². The lowest BCUT2D eigenvalue weighted by molar-refractivity contribution is -0.138. The number of hydrogen-bond donors (Lipinski definition) is 2. The van der Waals surface area contributed by atoms with E-state index >= 15 is 0 Å². The number of ether oxygens (including phenoxy) is 1. The standard InChI is InChI=1S/C17H30O5/c18-16(19)10-8-6-4-2-1-3-5-7-9-14(12-17(20)21)11-15-13-22-15/h14-15H,1-13H2,(H,18,19)(H,20,21). The molecule has 128 valence electrons. The zero-order valence-corrected chi connectivity index (χ0v) is 13.5. The van der Waals surface area contributed by atoms with Crippen molar-refractivity contribution < 1.29 is 24.5 Å². The van der Waals surface area contributed by atoms with E-state index in [2.05, 4.69) is 0 Å². The Morgan fingerprint density at radius 3 is 1.95 bits per heavy atom. The van der Waals surface area contributed by atoms with Crippen molar-refractivity contribution in [3.05, 3.63) is 0 Å². The van der Waals surface area contributed by atoms with Crippen LogP contribution in [0.3, 0.4) is 0 Å². The lowest BCUT2D eigenvalue weighted by atomic mass is 9.93. The second kappa shape index (κ2) is 11.5. The van der Waals surface area contributed by atoms with Gasteiger partial charge in [0, 0.05) is 12.8 Å². The predicted molar refractivity (Wildman–Crippen MR) is 83.9 cm³/mol. The molecule has 0 aliphatic carbocycles. The number of hydrogen-bond acceptors (Lipinski definition) is 3. The highest BCUT2D eigenvalue weighted by atomic mass is 16.6. The molecule has 2 N–H and O–H groups in total. The zero-order chi connectivity index (χ0) is 16.2. The number of epoxide rings is 1. The monoisotopic (exact) mass is 314 g/mol. The fourth-order valence-corrected chi connectivity index (χ4v) is 2.90. The van der Waals surface area contributed by atoms with Crippen molar-refractivity contribution >= 4 is 11.9 Å². The van der Waals surface area contributed by atoms with E-state index in [1.165, 1.54) is 19.3 Å². The molecule has 1 rings (SSSR count). The molecule has 0 aromatic carbocycles. The minimum atomic E-state index is -0.702. The van der Waals surface area contributed by atoms with Crippen LogP contribution in [-0.2, 0) is 14.3 Å². The first kappa shape index (κ1) is 18.9. The number of unbranched alkanes of at least 4 members (excludes halogenated alkanes) is 7. The van der Waals surface area contributed by atoms with Crippen molar-refractivity contribution in [2.75, 3.05) is 6.61 Å². The highest BCUT2D eigenvalue weighted by Crippen LogP contribution is 2.26. The van der Waals surface area contributed by atoms with Gasteiger partial charge in [0.05, 0.1) is 12.7 Å². The minimum absolute atomic E-state index is 0.265. The third-order valence-electron chi connectivity index (χ3n) is 4.21. The topological polar surface area (TPSA) is 87.1 Å². The molecule has 0 aromatic rings. The summed E-state index contributed by atoms with van der Waals surface area (Å²) in [6.07, 6.45) is 11.5. The number of aliphatic carboxylic acids is 2. The lowest BCUT2D eigenvalue weighted by Crippen LogP contribution is -2.10. The Labute approximate surface area is 133 Å². The molecule has 0 aromatic heterocycles. The van der Waals surface area contributed by atoms with Gasteiger partial charge in [0.25, 0.3) is 0 Å². The highest BCUT2D eigenvalue weighted by Gasteiger charge is 2.27. The second-order valence-corrected chi connectivity index (χ2v) is 6.42. The number of carboxylic acids is 2. The summed E-state index contributed by atoms with van der Waals surface area (Å²) in [5.74, 6) is -1.14. The minimum Gasteiger partial charge on any atom is -0.481 e. The lowest BCUT2D eigenvalue weighted by Gasteiger charge is -2.13. The third-order valence-corrected chi connectivity index (χ3v) is 4.21. The molecule has 22 heavy (non-hydrogen) atoms. The van der Waals surface area contributed by atoms with Gasteiger partial charge in [-0.25, -0.2) is 0 Å². The number of carboxylic acid groups (broad SMARTS) is 2. The van der Waals surface area contributed by atoms with E-state index in [1.807, 2.05) is 0 Å². The van der Waals surface area contributed by atoms with E-state index in [0.717, 1.165) is 51.6 Å². The zero-order valence-electron chi connectivity index (χ0n) is 13.5. The average molecular weight is 314 g/mol. The van der Waals surface area contributed by atoms with Crippen molar-refractivity contribution in [1.29, 1.82) is 0 Å². The quantitative estimate of drug-likeness (QED) is 0.354. The van der Waals surface area contributed by atoms with Crippen molar-refractivity contribution in [2.45, 2.75) is 83.2 Å². The first-order valence-electron chi connectivity index (χ1n) is 8.63. The van der Waals surface area contributed by atoms with Crippen LogP contribution in [0.4, 0.5) is 0 Å². The summed E-state index contributed by atoms with van der Waals surface area (Å²) in [5.41, 5.74) is 0. The number of carbonyl (C=O) groups is 2. The maximum Gasteiger partial charge on any atom is 0.303 e. The van der Waals surface area contributed by atoms with Crippen LogP contribution < -0.4 is 0 Å². The van der Waals surface area contributed by atoms with E-state index in [4.69, 9.17) is 14.9 Å². The summed E-state index contributed by atoms with van der Waals surface area (Å²) >= 11 is 0. The van der Waals surface area contributed by atoms with E-state index in [0.29, 0.717) is 6.10 Å². The molecule has 2 atom stereocenters. The van der Waals surface area contributed by atoms with Crippen LogP contribution in [0, 0.1) is 5.92 Å². The Balaban J connectivity index is 1.90. The highest BCUT2D eigenvalue weighted by molar-refractivity contribution is 5.67. The van der Waals surface area contributed by atoms with Crippen LogP contribution in [0.15, 0.2) is 0 Å². The van der Waals surface area contributed by atoms with Crippen LogP contribution in [0.25, 0.3) is 0 Å². The summed E-state index contributed by atoms with van der Waals surface area (Å²) in [6.45, 7) is 0.804. The maximum absolute atomic E-state index is 10.8. The van der Waals surface area contributed by atoms with Crippen molar-refractivity contribution in [2.24, 2.45) is 5.92 Å². The van der Waals surface area contributed by atoms with E-state index in [1.54, 1.807) is 0 Å². The van der Waals surface area contributed by atoms with Crippen molar-refractivity contribution in [3.8, 4) is 0 Å². The maximum atomic E-state index is 10.8. The molecule has 2 unspecified atom stereocenters. The van der Waals surface area contributed by atoms with Gasteiger partial charge in [-0.15, -0.1) is 0 Å². The van der Waals surface area contributed by atoms with Crippen LogP contribution >= 0.6 is 0 Å². The molecule has 1 fully saturated rings. The van der Waals surface area contributed by atoms with Crippen LogP contribution in [-0.4, -0.2) is 34.9 Å². The molecule has 0 saturated carbocycles. The first-order chi connectivity index (χ1) is 10.6. The Bertz CT molecular complexity index is 325.